The molecule has 0 saturated carbocycles. The van der Waals surface area contributed by atoms with Gasteiger partial charge >= 0.3 is 0 Å². The fraction of sp³-hybridized carbons (Fsp3) is 0.0833. The molecular formula is C12H10ClNO3. The summed E-state index contributed by atoms with van der Waals surface area (Å²) in [5.74, 6) is -0.0882. The van der Waals surface area contributed by atoms with E-state index >= 15 is 0 Å². The molecule has 1 aromatic heterocycles. The number of furan rings is 1. The van der Waals surface area contributed by atoms with E-state index in [0.29, 0.717) is 5.69 Å². The molecule has 2 aromatic rings. The van der Waals surface area contributed by atoms with Gasteiger partial charge in [-0.2, -0.15) is 0 Å². The highest BCUT2D eigenvalue weighted by atomic mass is 35.5. The predicted octanol–water partition coefficient (Wildman–Crippen LogP) is 3.20. The number of benzene rings is 1. The molecule has 0 fully saturated rings. The van der Waals surface area contributed by atoms with Gasteiger partial charge in [-0.25, -0.2) is 0 Å². The molecule has 1 aromatic carbocycles. The smallest absolute Gasteiger partial charge is 0.291 e. The highest BCUT2D eigenvalue weighted by molar-refractivity contribution is 6.29. The van der Waals surface area contributed by atoms with Crippen LogP contribution in [-0.2, 0) is 0 Å². The van der Waals surface area contributed by atoms with E-state index in [4.69, 9.17) is 16.0 Å². The van der Waals surface area contributed by atoms with Crippen LogP contribution in [0.1, 0.15) is 16.1 Å². The number of aromatic hydroxyl groups is 1. The number of anilines is 1. The van der Waals surface area contributed by atoms with Crippen LogP contribution in [0.4, 0.5) is 5.69 Å². The quantitative estimate of drug-likeness (QED) is 0.806. The maximum absolute atomic E-state index is 11.7. The van der Waals surface area contributed by atoms with Gasteiger partial charge < -0.3 is 14.8 Å². The number of nitrogens with one attached hydrogen (secondary N) is 1. The molecule has 1 heterocycles. The van der Waals surface area contributed by atoms with Gasteiger partial charge in [0.2, 0.25) is 0 Å². The lowest BCUT2D eigenvalue weighted by molar-refractivity contribution is 0.0996. The fourth-order valence-corrected chi connectivity index (χ4v) is 1.55. The Hall–Kier alpha value is -1.94. The number of phenolic OH excluding ortho intramolecular Hbond substituents is 1. The largest absolute Gasteiger partial charge is 0.508 e. The first kappa shape index (κ1) is 11.5. The van der Waals surface area contributed by atoms with Crippen molar-refractivity contribution in [3.05, 3.63) is 46.9 Å². The van der Waals surface area contributed by atoms with Crippen LogP contribution in [0.2, 0.25) is 5.22 Å². The van der Waals surface area contributed by atoms with Crippen LogP contribution in [0.5, 0.6) is 5.75 Å². The Bertz CT molecular complexity index is 563. The van der Waals surface area contributed by atoms with Crippen LogP contribution in [0.15, 0.2) is 34.7 Å². The summed E-state index contributed by atoms with van der Waals surface area (Å²) in [6.07, 6.45) is 0. The van der Waals surface area contributed by atoms with Crippen LogP contribution in [0.3, 0.4) is 0 Å². The van der Waals surface area contributed by atoms with E-state index in [2.05, 4.69) is 5.32 Å². The van der Waals surface area contributed by atoms with E-state index in [1.165, 1.54) is 18.2 Å². The molecule has 2 rings (SSSR count). The molecule has 0 aliphatic rings. The van der Waals surface area contributed by atoms with E-state index in [0.717, 1.165) is 5.56 Å². The average Bonchev–Trinajstić information content (AvgIpc) is 2.69. The summed E-state index contributed by atoms with van der Waals surface area (Å²) >= 11 is 5.58. The van der Waals surface area contributed by atoms with Gasteiger partial charge in [-0.05, 0) is 54.4 Å². The van der Waals surface area contributed by atoms with Gasteiger partial charge in [-0.15, -0.1) is 0 Å². The lowest BCUT2D eigenvalue weighted by Crippen LogP contribution is -2.11. The van der Waals surface area contributed by atoms with Gasteiger partial charge in [0.15, 0.2) is 11.0 Å². The molecule has 0 atom stereocenters. The first-order valence-electron chi connectivity index (χ1n) is 4.92. The number of hydrogen-bond acceptors (Lipinski definition) is 3. The zero-order chi connectivity index (χ0) is 12.4. The molecule has 0 aliphatic heterocycles. The second kappa shape index (κ2) is 4.51. The van der Waals surface area contributed by atoms with Crippen LogP contribution in [0.25, 0.3) is 0 Å². The summed E-state index contributed by atoms with van der Waals surface area (Å²) in [5.41, 5.74) is 1.37. The van der Waals surface area contributed by atoms with E-state index in [-0.39, 0.29) is 22.6 Å². The Balaban J connectivity index is 2.18. The maximum Gasteiger partial charge on any atom is 0.291 e. The van der Waals surface area contributed by atoms with E-state index < -0.39 is 0 Å². The number of carbonyl (C=O) groups is 1. The number of phenols is 1. The third kappa shape index (κ3) is 2.60. The Morgan fingerprint density at radius 1 is 1.35 bits per heavy atom. The summed E-state index contributed by atoms with van der Waals surface area (Å²) in [5, 5.41) is 12.1. The van der Waals surface area contributed by atoms with E-state index in [9.17, 15) is 9.90 Å². The summed E-state index contributed by atoms with van der Waals surface area (Å²) in [4.78, 5) is 11.7. The van der Waals surface area contributed by atoms with Crippen LogP contribution in [-0.4, -0.2) is 11.0 Å². The zero-order valence-corrected chi connectivity index (χ0v) is 9.78. The monoisotopic (exact) mass is 251 g/mol. The van der Waals surface area contributed by atoms with Gasteiger partial charge in [0.1, 0.15) is 5.75 Å². The summed E-state index contributed by atoms with van der Waals surface area (Å²) in [6.45, 7) is 1.78. The van der Waals surface area contributed by atoms with Gasteiger partial charge in [0, 0.05) is 5.69 Å². The van der Waals surface area contributed by atoms with Gasteiger partial charge in [0.25, 0.3) is 5.91 Å². The number of amides is 1. The van der Waals surface area contributed by atoms with Crippen molar-refractivity contribution in [3.63, 3.8) is 0 Å². The Kier molecular flexibility index (Phi) is 3.06. The van der Waals surface area contributed by atoms with Crippen molar-refractivity contribution in [3.8, 4) is 5.75 Å². The molecule has 88 valence electrons. The first-order valence-corrected chi connectivity index (χ1v) is 5.30. The molecule has 0 saturated heterocycles. The average molecular weight is 252 g/mol. The topological polar surface area (TPSA) is 62.5 Å². The molecule has 0 spiro atoms. The van der Waals surface area contributed by atoms with Crippen molar-refractivity contribution < 1.29 is 14.3 Å². The minimum absolute atomic E-state index is 0.141. The zero-order valence-electron chi connectivity index (χ0n) is 9.03. The van der Waals surface area contributed by atoms with Gasteiger partial charge in [0.05, 0.1) is 0 Å². The van der Waals surface area contributed by atoms with E-state index in [1.54, 1.807) is 19.1 Å². The van der Waals surface area contributed by atoms with Crippen molar-refractivity contribution in [2.45, 2.75) is 6.92 Å². The predicted molar refractivity (Wildman–Crippen MR) is 64.5 cm³/mol. The Morgan fingerprint density at radius 2 is 2.12 bits per heavy atom. The first-order chi connectivity index (χ1) is 8.06. The second-order valence-electron chi connectivity index (χ2n) is 3.56. The number of aryl methyl sites for hydroxylation is 1. The van der Waals surface area contributed by atoms with Crippen molar-refractivity contribution in [2.75, 3.05) is 5.32 Å². The molecule has 5 heteroatoms. The van der Waals surface area contributed by atoms with Crippen LogP contribution in [0, 0.1) is 6.92 Å². The fourth-order valence-electron chi connectivity index (χ4n) is 1.41. The molecular weight excluding hydrogens is 242 g/mol. The molecule has 0 bridgehead atoms. The lowest BCUT2D eigenvalue weighted by atomic mass is 10.2. The molecule has 0 unspecified atom stereocenters. The highest BCUT2D eigenvalue weighted by Crippen LogP contribution is 2.21. The maximum atomic E-state index is 11.7. The summed E-state index contributed by atoms with van der Waals surface area (Å²) in [6, 6.07) is 7.67. The molecule has 0 aliphatic carbocycles. The van der Waals surface area contributed by atoms with Crippen LogP contribution >= 0.6 is 11.6 Å². The summed E-state index contributed by atoms with van der Waals surface area (Å²) < 4.78 is 4.99. The molecule has 0 radical (unpaired) electrons. The normalized spacial score (nSPS) is 10.2. The molecule has 2 N–H and O–H groups in total. The third-order valence-corrected chi connectivity index (χ3v) is 2.46. The van der Waals surface area contributed by atoms with Gasteiger partial charge in [-0.3, -0.25) is 4.79 Å². The molecule has 17 heavy (non-hydrogen) atoms. The lowest BCUT2D eigenvalue weighted by Gasteiger charge is -2.06. The Labute approximate surface area is 103 Å². The third-order valence-electron chi connectivity index (χ3n) is 2.26. The number of hydrogen-bond donors (Lipinski definition) is 2. The minimum Gasteiger partial charge on any atom is -0.508 e. The van der Waals surface area contributed by atoms with Crippen LogP contribution < -0.4 is 5.32 Å². The van der Waals surface area contributed by atoms with E-state index in [1.807, 2.05) is 0 Å². The number of carbonyl (C=O) groups excluding carboxylic acids is 1. The highest BCUT2D eigenvalue weighted by Gasteiger charge is 2.11. The van der Waals surface area contributed by atoms with Gasteiger partial charge in [-0.1, -0.05) is 0 Å². The standard InChI is InChI=1S/C12H10ClNO3/c1-7-6-8(15)2-3-9(7)14-12(16)10-4-5-11(13)17-10/h2-6,15H,1H3,(H,14,16). The summed E-state index contributed by atoms with van der Waals surface area (Å²) in [7, 11) is 0. The number of halogens is 1. The minimum atomic E-state index is -0.384. The van der Waals surface area contributed by atoms with Crippen molar-refractivity contribution in [2.24, 2.45) is 0 Å². The number of rotatable bonds is 2. The Morgan fingerprint density at radius 3 is 2.71 bits per heavy atom. The SMILES string of the molecule is Cc1cc(O)ccc1NC(=O)c1ccc(Cl)o1. The van der Waals surface area contributed by atoms with Crippen molar-refractivity contribution in [1.82, 2.24) is 0 Å². The van der Waals surface area contributed by atoms with Crippen molar-refractivity contribution in [1.29, 1.82) is 0 Å². The molecule has 4 nitrogen and oxygen atoms in total. The van der Waals surface area contributed by atoms with Crippen molar-refractivity contribution >= 4 is 23.2 Å². The second-order valence-corrected chi connectivity index (χ2v) is 3.93. The molecule has 1 amide bonds.